The van der Waals surface area contributed by atoms with E-state index in [4.69, 9.17) is 34.8 Å². The molecule has 0 bridgehead atoms. The molecule has 0 aliphatic carbocycles. The molecule has 0 spiro atoms. The van der Waals surface area contributed by atoms with Crippen molar-refractivity contribution in [3.63, 3.8) is 0 Å². The molecule has 132 valence electrons. The van der Waals surface area contributed by atoms with E-state index in [0.717, 1.165) is 5.56 Å². The van der Waals surface area contributed by atoms with Crippen LogP contribution in [0, 0.1) is 6.92 Å². The predicted octanol–water partition coefficient (Wildman–Crippen LogP) is 5.34. The molecule has 2 amide bonds. The van der Waals surface area contributed by atoms with Crippen LogP contribution in [-0.4, -0.2) is 18.4 Å². The molecule has 0 fully saturated rings. The van der Waals surface area contributed by atoms with Crippen LogP contribution in [0.4, 0.5) is 11.4 Å². The zero-order valence-electron chi connectivity index (χ0n) is 13.8. The maximum Gasteiger partial charge on any atom is 0.226 e. The second-order valence-electron chi connectivity index (χ2n) is 5.53. The minimum absolute atomic E-state index is 0.115. The number of amides is 2. The maximum absolute atomic E-state index is 12.2. The number of rotatable bonds is 5. The lowest BCUT2D eigenvalue weighted by molar-refractivity contribution is -0.117. The van der Waals surface area contributed by atoms with Gasteiger partial charge in [0.2, 0.25) is 11.8 Å². The van der Waals surface area contributed by atoms with Crippen LogP contribution < -0.4 is 10.2 Å². The van der Waals surface area contributed by atoms with Crippen LogP contribution in [0.15, 0.2) is 36.4 Å². The molecule has 0 aromatic heterocycles. The van der Waals surface area contributed by atoms with Crippen LogP contribution >= 0.6 is 34.8 Å². The van der Waals surface area contributed by atoms with Crippen LogP contribution in [0.3, 0.4) is 0 Å². The first-order chi connectivity index (χ1) is 11.8. The third-order valence-electron chi connectivity index (χ3n) is 3.61. The molecule has 1 N–H and O–H groups in total. The smallest absolute Gasteiger partial charge is 0.226 e. The largest absolute Gasteiger partial charge is 0.325 e. The van der Waals surface area contributed by atoms with Gasteiger partial charge in [0, 0.05) is 35.6 Å². The van der Waals surface area contributed by atoms with Crippen molar-refractivity contribution < 1.29 is 9.59 Å². The zero-order chi connectivity index (χ0) is 18.6. The molecule has 2 aromatic carbocycles. The molecule has 0 aliphatic heterocycles. The number of carbonyl (C=O) groups excluding carboxylic acids is 2. The average Bonchev–Trinajstić information content (AvgIpc) is 2.53. The van der Waals surface area contributed by atoms with Crippen molar-refractivity contribution >= 4 is 58.0 Å². The Morgan fingerprint density at radius 3 is 2.36 bits per heavy atom. The highest BCUT2D eigenvalue weighted by Gasteiger charge is 2.15. The SMILES string of the molecule is CC(=O)N(CCC(=O)Nc1ccc(Cl)cc1Cl)c1ccc(C)c(Cl)c1. The molecule has 0 saturated carbocycles. The van der Waals surface area contributed by atoms with E-state index in [2.05, 4.69) is 5.32 Å². The summed E-state index contributed by atoms with van der Waals surface area (Å²) in [4.78, 5) is 25.6. The number of hydrogen-bond acceptors (Lipinski definition) is 2. The van der Waals surface area contributed by atoms with Crippen molar-refractivity contribution in [3.8, 4) is 0 Å². The molecular weight excluding hydrogens is 383 g/mol. The Bertz CT molecular complexity index is 809. The fourth-order valence-electron chi connectivity index (χ4n) is 2.23. The fourth-order valence-corrected chi connectivity index (χ4v) is 2.87. The van der Waals surface area contributed by atoms with Crippen molar-refractivity contribution in [2.45, 2.75) is 20.3 Å². The average molecular weight is 400 g/mol. The van der Waals surface area contributed by atoms with Gasteiger partial charge in [-0.1, -0.05) is 40.9 Å². The number of nitrogens with zero attached hydrogens (tertiary/aromatic N) is 1. The van der Waals surface area contributed by atoms with E-state index in [1.807, 2.05) is 13.0 Å². The van der Waals surface area contributed by atoms with Gasteiger partial charge in [0.15, 0.2) is 0 Å². The lowest BCUT2D eigenvalue weighted by Crippen LogP contribution is -2.32. The Hall–Kier alpha value is -1.75. The van der Waals surface area contributed by atoms with E-state index >= 15 is 0 Å². The van der Waals surface area contributed by atoms with Gasteiger partial charge in [-0.3, -0.25) is 9.59 Å². The molecule has 7 heteroatoms. The molecular formula is C18H17Cl3N2O2. The molecule has 2 rings (SSSR count). The quantitative estimate of drug-likeness (QED) is 0.738. The number of carbonyl (C=O) groups is 2. The van der Waals surface area contributed by atoms with Crippen molar-refractivity contribution in [2.24, 2.45) is 0 Å². The summed E-state index contributed by atoms with van der Waals surface area (Å²) in [6.45, 7) is 3.56. The van der Waals surface area contributed by atoms with Crippen LogP contribution in [0.25, 0.3) is 0 Å². The van der Waals surface area contributed by atoms with Gasteiger partial charge in [0.05, 0.1) is 10.7 Å². The number of halogens is 3. The number of nitrogens with one attached hydrogen (secondary N) is 1. The number of aryl methyl sites for hydroxylation is 1. The monoisotopic (exact) mass is 398 g/mol. The van der Waals surface area contributed by atoms with Gasteiger partial charge in [-0.25, -0.2) is 0 Å². The van der Waals surface area contributed by atoms with Crippen LogP contribution in [0.1, 0.15) is 18.9 Å². The third-order valence-corrected chi connectivity index (χ3v) is 4.57. The summed E-state index contributed by atoms with van der Waals surface area (Å²) in [6.07, 6.45) is 0.115. The molecule has 0 atom stereocenters. The van der Waals surface area contributed by atoms with Gasteiger partial charge >= 0.3 is 0 Å². The molecule has 2 aromatic rings. The van der Waals surface area contributed by atoms with Gasteiger partial charge in [0.25, 0.3) is 0 Å². The van der Waals surface area contributed by atoms with Crippen LogP contribution in [0.2, 0.25) is 15.1 Å². The van der Waals surface area contributed by atoms with E-state index in [1.54, 1.807) is 30.3 Å². The molecule has 0 saturated heterocycles. The highest BCUT2D eigenvalue weighted by molar-refractivity contribution is 6.36. The van der Waals surface area contributed by atoms with Crippen LogP contribution in [0.5, 0.6) is 0 Å². The Balaban J connectivity index is 2.04. The van der Waals surface area contributed by atoms with E-state index in [0.29, 0.717) is 26.4 Å². The van der Waals surface area contributed by atoms with Gasteiger partial charge in [-0.2, -0.15) is 0 Å². The first-order valence-corrected chi connectivity index (χ1v) is 8.70. The standard InChI is InChI=1S/C18H17Cl3N2O2/c1-11-3-5-14(10-15(11)20)23(12(2)24)8-7-18(25)22-17-6-4-13(19)9-16(17)21/h3-6,9-10H,7-8H2,1-2H3,(H,22,25). The normalized spacial score (nSPS) is 10.4. The minimum atomic E-state index is -0.256. The Morgan fingerprint density at radius 2 is 1.76 bits per heavy atom. The molecule has 0 unspecified atom stereocenters. The lowest BCUT2D eigenvalue weighted by atomic mass is 10.2. The lowest BCUT2D eigenvalue weighted by Gasteiger charge is -2.21. The van der Waals surface area contributed by atoms with Crippen LogP contribution in [-0.2, 0) is 9.59 Å². The summed E-state index contributed by atoms with van der Waals surface area (Å²) in [5.41, 5.74) is 2.05. The summed E-state index contributed by atoms with van der Waals surface area (Å²) in [5.74, 6) is -0.425. The highest BCUT2D eigenvalue weighted by Crippen LogP contribution is 2.26. The van der Waals surface area contributed by atoms with E-state index in [9.17, 15) is 9.59 Å². The summed E-state index contributed by atoms with van der Waals surface area (Å²) in [6, 6.07) is 10.2. The first-order valence-electron chi connectivity index (χ1n) is 7.57. The van der Waals surface area contributed by atoms with Gasteiger partial charge in [-0.05, 0) is 42.8 Å². The van der Waals surface area contributed by atoms with Crippen molar-refractivity contribution in [3.05, 3.63) is 57.0 Å². The first kappa shape index (κ1) is 19.6. The van der Waals surface area contributed by atoms with E-state index in [1.165, 1.54) is 11.8 Å². The highest BCUT2D eigenvalue weighted by atomic mass is 35.5. The number of benzene rings is 2. The van der Waals surface area contributed by atoms with E-state index in [-0.39, 0.29) is 24.8 Å². The second-order valence-corrected chi connectivity index (χ2v) is 6.78. The molecule has 0 radical (unpaired) electrons. The Kier molecular flexibility index (Phi) is 6.71. The maximum atomic E-state index is 12.2. The molecule has 4 nitrogen and oxygen atoms in total. The Morgan fingerprint density at radius 1 is 1.04 bits per heavy atom. The van der Waals surface area contributed by atoms with Crippen molar-refractivity contribution in [1.82, 2.24) is 0 Å². The second kappa shape index (κ2) is 8.56. The van der Waals surface area contributed by atoms with Gasteiger partial charge in [-0.15, -0.1) is 0 Å². The summed E-state index contributed by atoms with van der Waals surface area (Å²) < 4.78 is 0. The molecule has 0 aliphatic rings. The topological polar surface area (TPSA) is 49.4 Å². The van der Waals surface area contributed by atoms with Gasteiger partial charge < -0.3 is 10.2 Å². The van der Waals surface area contributed by atoms with Crippen molar-refractivity contribution in [2.75, 3.05) is 16.8 Å². The van der Waals surface area contributed by atoms with Crippen molar-refractivity contribution in [1.29, 1.82) is 0 Å². The number of hydrogen-bond donors (Lipinski definition) is 1. The summed E-state index contributed by atoms with van der Waals surface area (Å²) >= 11 is 18.0. The fraction of sp³-hybridized carbons (Fsp3) is 0.222. The number of anilines is 2. The van der Waals surface area contributed by atoms with Gasteiger partial charge in [0.1, 0.15) is 0 Å². The third kappa shape index (κ3) is 5.36. The summed E-state index contributed by atoms with van der Waals surface area (Å²) in [5, 5.41) is 4.12. The minimum Gasteiger partial charge on any atom is -0.325 e. The van der Waals surface area contributed by atoms with E-state index < -0.39 is 0 Å². The molecule has 0 heterocycles. The molecule has 25 heavy (non-hydrogen) atoms. The Labute approximate surface area is 161 Å². The zero-order valence-corrected chi connectivity index (χ0v) is 16.0. The predicted molar refractivity (Wildman–Crippen MR) is 104 cm³/mol. The summed E-state index contributed by atoms with van der Waals surface area (Å²) in [7, 11) is 0.